The van der Waals surface area contributed by atoms with Gasteiger partial charge >= 0.3 is 0 Å². The molecule has 1 heterocycles. The molecule has 0 aliphatic heterocycles. The van der Waals surface area contributed by atoms with E-state index in [2.05, 4.69) is 39.6 Å². The van der Waals surface area contributed by atoms with Gasteiger partial charge in [0.05, 0.1) is 17.7 Å². The summed E-state index contributed by atoms with van der Waals surface area (Å²) in [5, 5.41) is 19.6. The molecule has 0 fully saturated rings. The van der Waals surface area contributed by atoms with Crippen LogP contribution in [0, 0.1) is 11.3 Å². The molecule has 28 heavy (non-hydrogen) atoms. The Balaban J connectivity index is 1.98. The molecular weight excluding hydrogens is 390 g/mol. The quantitative estimate of drug-likeness (QED) is 0.517. The van der Waals surface area contributed by atoms with Gasteiger partial charge in [-0.1, -0.05) is 35.5 Å². The molecule has 2 atom stereocenters. The number of nitriles is 1. The van der Waals surface area contributed by atoms with Crippen molar-refractivity contribution in [1.29, 1.82) is 5.26 Å². The molecule has 0 bridgehead atoms. The Hall–Kier alpha value is -2.33. The van der Waals surface area contributed by atoms with Gasteiger partial charge in [-0.05, 0) is 69.9 Å². The first-order chi connectivity index (χ1) is 13.4. The van der Waals surface area contributed by atoms with Crippen LogP contribution in [0.1, 0.15) is 42.1 Å². The molecule has 1 aromatic heterocycles. The zero-order valence-corrected chi connectivity index (χ0v) is 17.9. The van der Waals surface area contributed by atoms with E-state index in [1.54, 1.807) is 11.8 Å². The summed E-state index contributed by atoms with van der Waals surface area (Å²) < 4.78 is 2.09. The first-order valence-electron chi connectivity index (χ1n) is 8.95. The van der Waals surface area contributed by atoms with Crippen LogP contribution < -0.4 is 0 Å². The number of hydrogen-bond acceptors (Lipinski definition) is 5. The van der Waals surface area contributed by atoms with Crippen molar-refractivity contribution in [3.63, 3.8) is 0 Å². The van der Waals surface area contributed by atoms with Crippen molar-refractivity contribution < 1.29 is 0 Å². The average Bonchev–Trinajstić information content (AvgIpc) is 3.11. The monoisotopic (exact) mass is 411 g/mol. The van der Waals surface area contributed by atoms with Crippen molar-refractivity contribution >= 4 is 23.4 Å². The van der Waals surface area contributed by atoms with Crippen LogP contribution in [0.2, 0.25) is 5.02 Å². The Morgan fingerprint density at radius 1 is 1.04 bits per heavy atom. The summed E-state index contributed by atoms with van der Waals surface area (Å²) in [7, 11) is 4.05. The average molecular weight is 412 g/mol. The number of nitrogens with zero attached hydrogens (tertiary/aromatic N) is 5. The van der Waals surface area contributed by atoms with Crippen LogP contribution in [0.25, 0.3) is 5.69 Å². The summed E-state index contributed by atoms with van der Waals surface area (Å²) >= 11 is 7.72. The molecule has 7 heteroatoms. The van der Waals surface area contributed by atoms with Crippen molar-refractivity contribution in [2.75, 3.05) is 14.1 Å². The number of hydrogen-bond donors (Lipinski definition) is 0. The van der Waals surface area contributed by atoms with Crippen LogP contribution in [0.3, 0.4) is 0 Å². The van der Waals surface area contributed by atoms with Crippen LogP contribution in [0.15, 0.2) is 53.7 Å². The Morgan fingerprint density at radius 2 is 1.68 bits per heavy atom. The predicted molar refractivity (Wildman–Crippen MR) is 114 cm³/mol. The van der Waals surface area contributed by atoms with Gasteiger partial charge < -0.3 is 0 Å². The highest BCUT2D eigenvalue weighted by molar-refractivity contribution is 7.99. The summed E-state index contributed by atoms with van der Waals surface area (Å²) in [6, 6.07) is 17.6. The first kappa shape index (κ1) is 20.4. The second kappa shape index (κ2) is 8.78. The fourth-order valence-electron chi connectivity index (χ4n) is 2.75. The Kier molecular flexibility index (Phi) is 6.40. The van der Waals surface area contributed by atoms with Crippen molar-refractivity contribution in [2.45, 2.75) is 30.3 Å². The molecule has 0 radical (unpaired) electrons. The van der Waals surface area contributed by atoms with Gasteiger partial charge in [0, 0.05) is 16.0 Å². The molecule has 3 rings (SSSR count). The highest BCUT2D eigenvalue weighted by Gasteiger charge is 2.22. The van der Waals surface area contributed by atoms with Gasteiger partial charge in [0.2, 0.25) is 0 Å². The Bertz CT molecular complexity index is 974. The van der Waals surface area contributed by atoms with E-state index in [9.17, 15) is 0 Å². The van der Waals surface area contributed by atoms with E-state index in [4.69, 9.17) is 16.9 Å². The normalized spacial score (nSPS) is 13.3. The van der Waals surface area contributed by atoms with E-state index in [-0.39, 0.29) is 11.3 Å². The second-order valence-corrected chi connectivity index (χ2v) is 8.53. The third-order valence-corrected chi connectivity index (χ3v) is 6.04. The number of thioether (sulfide) groups is 1. The van der Waals surface area contributed by atoms with Crippen molar-refractivity contribution in [3.8, 4) is 11.8 Å². The third-order valence-electron chi connectivity index (χ3n) is 4.68. The summed E-state index contributed by atoms with van der Waals surface area (Å²) in [5.41, 5.74) is 2.77. The molecule has 0 saturated heterocycles. The maximum absolute atomic E-state index is 8.99. The summed E-state index contributed by atoms with van der Waals surface area (Å²) in [5.74, 6) is 0.877. The lowest BCUT2D eigenvalue weighted by molar-refractivity contribution is 0.305. The van der Waals surface area contributed by atoms with Crippen molar-refractivity contribution in [2.24, 2.45) is 0 Å². The molecule has 144 valence electrons. The molecular formula is C21H22ClN5S. The summed E-state index contributed by atoms with van der Waals surface area (Å²) in [6.07, 6.45) is 0. The maximum Gasteiger partial charge on any atom is 0.196 e. The lowest BCUT2D eigenvalue weighted by Gasteiger charge is -2.21. The van der Waals surface area contributed by atoms with Gasteiger partial charge in [-0.15, -0.1) is 10.2 Å². The number of halogens is 1. The number of benzene rings is 2. The molecule has 0 aliphatic carbocycles. The minimum atomic E-state index is 0.0998. The van der Waals surface area contributed by atoms with Gasteiger partial charge in [-0.3, -0.25) is 9.47 Å². The fraction of sp³-hybridized carbons (Fsp3) is 0.286. The molecule has 0 N–H and O–H groups in total. The number of rotatable bonds is 6. The molecule has 0 saturated carbocycles. The zero-order chi connectivity index (χ0) is 20.3. The van der Waals surface area contributed by atoms with E-state index >= 15 is 0 Å². The predicted octanol–water partition coefficient (Wildman–Crippen LogP) is 5.27. The van der Waals surface area contributed by atoms with E-state index < -0.39 is 0 Å². The largest absolute Gasteiger partial charge is 0.300 e. The topological polar surface area (TPSA) is 57.7 Å². The molecule has 0 spiro atoms. The molecule has 0 aliphatic rings. The minimum absolute atomic E-state index is 0.0998. The zero-order valence-electron chi connectivity index (χ0n) is 16.3. The standard InChI is InChI=1S/C21H22ClN5S/c1-14(26(3)4)20-24-25-21(27(20)19-11-9-18(22)10-12-19)28-15(2)17-7-5-16(13-23)6-8-17/h5-12,14-15H,1-4H3. The lowest BCUT2D eigenvalue weighted by atomic mass is 10.1. The highest BCUT2D eigenvalue weighted by atomic mass is 35.5. The van der Waals surface area contributed by atoms with E-state index in [1.165, 1.54) is 0 Å². The SMILES string of the molecule is CC(Sc1nnc(C(C)N(C)C)n1-c1ccc(Cl)cc1)c1ccc(C#N)cc1. The van der Waals surface area contributed by atoms with Crippen LogP contribution in [-0.2, 0) is 0 Å². The van der Waals surface area contributed by atoms with Gasteiger partial charge in [0.15, 0.2) is 11.0 Å². The van der Waals surface area contributed by atoms with Gasteiger partial charge in [0.1, 0.15) is 0 Å². The van der Waals surface area contributed by atoms with E-state index in [1.807, 2.05) is 62.6 Å². The molecule has 0 amide bonds. The second-order valence-electron chi connectivity index (χ2n) is 6.79. The molecule has 5 nitrogen and oxygen atoms in total. The van der Waals surface area contributed by atoms with Gasteiger partial charge in [0.25, 0.3) is 0 Å². The Labute approximate surface area is 175 Å². The van der Waals surface area contributed by atoms with Crippen LogP contribution >= 0.6 is 23.4 Å². The first-order valence-corrected chi connectivity index (χ1v) is 10.2. The lowest BCUT2D eigenvalue weighted by Crippen LogP contribution is -2.20. The minimum Gasteiger partial charge on any atom is -0.300 e. The van der Waals surface area contributed by atoms with Crippen LogP contribution in [-0.4, -0.2) is 33.8 Å². The third kappa shape index (κ3) is 4.39. The number of aromatic nitrogens is 3. The molecule has 2 unspecified atom stereocenters. The van der Waals surface area contributed by atoms with Crippen molar-refractivity contribution in [1.82, 2.24) is 19.7 Å². The fourth-order valence-corrected chi connectivity index (χ4v) is 3.87. The van der Waals surface area contributed by atoms with Crippen LogP contribution in [0.5, 0.6) is 0 Å². The van der Waals surface area contributed by atoms with Gasteiger partial charge in [-0.2, -0.15) is 5.26 Å². The molecule has 2 aromatic carbocycles. The van der Waals surface area contributed by atoms with Crippen LogP contribution in [0.4, 0.5) is 0 Å². The Morgan fingerprint density at radius 3 is 2.25 bits per heavy atom. The van der Waals surface area contributed by atoms with Gasteiger partial charge in [-0.25, -0.2) is 0 Å². The highest BCUT2D eigenvalue weighted by Crippen LogP contribution is 2.36. The van der Waals surface area contributed by atoms with E-state index in [0.717, 1.165) is 22.2 Å². The van der Waals surface area contributed by atoms with E-state index in [0.29, 0.717) is 10.6 Å². The summed E-state index contributed by atoms with van der Waals surface area (Å²) in [6.45, 7) is 4.23. The maximum atomic E-state index is 8.99. The smallest absolute Gasteiger partial charge is 0.196 e. The molecule has 3 aromatic rings. The summed E-state index contributed by atoms with van der Waals surface area (Å²) in [4.78, 5) is 2.11. The van der Waals surface area contributed by atoms with Crippen molar-refractivity contribution in [3.05, 3.63) is 70.5 Å².